The van der Waals surface area contributed by atoms with Crippen LogP contribution in [0.5, 0.6) is 5.75 Å². The molecule has 0 saturated carbocycles. The van der Waals surface area contributed by atoms with Gasteiger partial charge in [0.1, 0.15) is 5.75 Å². The van der Waals surface area contributed by atoms with Crippen LogP contribution in [0.1, 0.15) is 38.7 Å². The Hall–Kier alpha value is -1.02. The summed E-state index contributed by atoms with van der Waals surface area (Å²) in [6.07, 6.45) is 0.577. The molecule has 0 aromatic heterocycles. The van der Waals surface area contributed by atoms with Crippen LogP contribution in [-0.2, 0) is 0 Å². The van der Waals surface area contributed by atoms with E-state index in [1.807, 2.05) is 18.2 Å². The van der Waals surface area contributed by atoms with Crippen molar-refractivity contribution in [3.05, 3.63) is 29.8 Å². The lowest BCUT2D eigenvalue weighted by atomic mass is 9.76. The van der Waals surface area contributed by atoms with Crippen molar-refractivity contribution in [2.24, 2.45) is 5.41 Å². The van der Waals surface area contributed by atoms with E-state index < -0.39 is 0 Å². The summed E-state index contributed by atoms with van der Waals surface area (Å²) in [5.41, 5.74) is 1.06. The first-order valence-electron chi connectivity index (χ1n) is 5.90. The SMILES string of the molecule is CC(C)(C)C(O)C1CCOc2ccccc21. The van der Waals surface area contributed by atoms with Gasteiger partial charge in [-0.25, -0.2) is 0 Å². The van der Waals surface area contributed by atoms with E-state index in [4.69, 9.17) is 4.74 Å². The maximum absolute atomic E-state index is 10.4. The lowest BCUT2D eigenvalue weighted by Gasteiger charge is -2.36. The van der Waals surface area contributed by atoms with E-state index in [0.717, 1.165) is 17.7 Å². The van der Waals surface area contributed by atoms with Gasteiger partial charge in [-0.15, -0.1) is 0 Å². The van der Waals surface area contributed by atoms with E-state index in [-0.39, 0.29) is 17.4 Å². The minimum atomic E-state index is -0.322. The zero-order valence-corrected chi connectivity index (χ0v) is 10.2. The highest BCUT2D eigenvalue weighted by molar-refractivity contribution is 5.38. The van der Waals surface area contributed by atoms with Gasteiger partial charge in [0.2, 0.25) is 0 Å². The van der Waals surface area contributed by atoms with Gasteiger partial charge in [0.05, 0.1) is 12.7 Å². The Morgan fingerprint density at radius 3 is 2.69 bits per heavy atom. The molecule has 1 aliphatic heterocycles. The van der Waals surface area contributed by atoms with E-state index in [2.05, 4.69) is 26.8 Å². The predicted octanol–water partition coefficient (Wildman–Crippen LogP) is 2.96. The highest BCUT2D eigenvalue weighted by Crippen LogP contribution is 2.40. The number of aliphatic hydroxyl groups excluding tert-OH is 1. The Balaban J connectivity index is 2.32. The molecule has 0 fully saturated rings. The summed E-state index contributed by atoms with van der Waals surface area (Å²) in [6, 6.07) is 8.03. The molecule has 0 aliphatic carbocycles. The van der Waals surface area contributed by atoms with E-state index >= 15 is 0 Å². The van der Waals surface area contributed by atoms with Crippen molar-refractivity contribution in [2.45, 2.75) is 39.2 Å². The van der Waals surface area contributed by atoms with Crippen molar-refractivity contribution < 1.29 is 9.84 Å². The van der Waals surface area contributed by atoms with Gasteiger partial charge in [0, 0.05) is 5.92 Å². The Bertz CT molecular complexity index is 365. The minimum absolute atomic E-state index is 0.0882. The number of hydrogen-bond donors (Lipinski definition) is 1. The van der Waals surface area contributed by atoms with E-state index in [9.17, 15) is 5.11 Å². The normalized spacial score (nSPS) is 22.1. The van der Waals surface area contributed by atoms with Crippen LogP contribution < -0.4 is 4.74 Å². The second-order valence-electron chi connectivity index (χ2n) is 5.59. The average molecular weight is 220 g/mol. The van der Waals surface area contributed by atoms with Crippen molar-refractivity contribution in [2.75, 3.05) is 6.61 Å². The van der Waals surface area contributed by atoms with Gasteiger partial charge in [-0.1, -0.05) is 39.0 Å². The van der Waals surface area contributed by atoms with Crippen molar-refractivity contribution in [1.82, 2.24) is 0 Å². The summed E-state index contributed by atoms with van der Waals surface area (Å²) in [6.45, 7) is 6.94. The zero-order valence-electron chi connectivity index (χ0n) is 10.2. The number of benzene rings is 1. The van der Waals surface area contributed by atoms with Crippen molar-refractivity contribution >= 4 is 0 Å². The van der Waals surface area contributed by atoms with Crippen molar-refractivity contribution in [3.63, 3.8) is 0 Å². The molecule has 88 valence electrons. The van der Waals surface area contributed by atoms with E-state index in [1.165, 1.54) is 0 Å². The molecule has 2 unspecified atom stereocenters. The third-order valence-electron chi connectivity index (χ3n) is 3.27. The van der Waals surface area contributed by atoms with Gasteiger partial charge in [-0.2, -0.15) is 0 Å². The topological polar surface area (TPSA) is 29.5 Å². The molecule has 2 nitrogen and oxygen atoms in total. The first-order valence-corrected chi connectivity index (χ1v) is 5.90. The highest BCUT2D eigenvalue weighted by atomic mass is 16.5. The lowest BCUT2D eigenvalue weighted by Crippen LogP contribution is -2.35. The van der Waals surface area contributed by atoms with E-state index in [0.29, 0.717) is 6.61 Å². The van der Waals surface area contributed by atoms with Gasteiger partial charge in [0.15, 0.2) is 0 Å². The average Bonchev–Trinajstić information content (AvgIpc) is 2.26. The van der Waals surface area contributed by atoms with Gasteiger partial charge >= 0.3 is 0 Å². The first-order chi connectivity index (χ1) is 7.50. The summed E-state index contributed by atoms with van der Waals surface area (Å²) >= 11 is 0. The Morgan fingerprint density at radius 2 is 2.00 bits per heavy atom. The minimum Gasteiger partial charge on any atom is -0.493 e. The van der Waals surface area contributed by atoms with Gasteiger partial charge in [-0.05, 0) is 23.5 Å². The second kappa shape index (κ2) is 4.10. The number of hydrogen-bond acceptors (Lipinski definition) is 2. The molecule has 16 heavy (non-hydrogen) atoms. The number of rotatable bonds is 1. The largest absolute Gasteiger partial charge is 0.493 e. The molecular weight excluding hydrogens is 200 g/mol. The standard InChI is InChI=1S/C14H20O2/c1-14(2,3)13(15)11-8-9-16-12-7-5-4-6-10(11)12/h4-7,11,13,15H,8-9H2,1-3H3. The molecule has 1 heterocycles. The Kier molecular flexibility index (Phi) is 2.94. The summed E-state index contributed by atoms with van der Waals surface area (Å²) < 4.78 is 5.61. The Labute approximate surface area is 97.3 Å². The van der Waals surface area contributed by atoms with Gasteiger partial charge in [-0.3, -0.25) is 0 Å². The summed E-state index contributed by atoms with van der Waals surface area (Å²) in [7, 11) is 0. The number of fused-ring (bicyclic) bond motifs is 1. The van der Waals surface area contributed by atoms with Crippen LogP contribution >= 0.6 is 0 Å². The highest BCUT2D eigenvalue weighted by Gasteiger charge is 2.34. The summed E-state index contributed by atoms with van der Waals surface area (Å²) in [5, 5.41) is 10.4. The fourth-order valence-electron chi connectivity index (χ4n) is 2.30. The molecule has 0 saturated heterocycles. The van der Waals surface area contributed by atoms with Crippen molar-refractivity contribution in [1.29, 1.82) is 0 Å². The second-order valence-corrected chi connectivity index (χ2v) is 5.59. The molecule has 0 amide bonds. The van der Waals surface area contributed by atoms with Crippen LogP contribution in [0.15, 0.2) is 24.3 Å². The first kappa shape index (κ1) is 11.5. The van der Waals surface area contributed by atoms with Crippen LogP contribution in [0.3, 0.4) is 0 Å². The monoisotopic (exact) mass is 220 g/mol. The maximum Gasteiger partial charge on any atom is 0.122 e. The number of ether oxygens (including phenoxy) is 1. The summed E-state index contributed by atoms with van der Waals surface area (Å²) in [4.78, 5) is 0. The summed E-state index contributed by atoms with van der Waals surface area (Å²) in [5.74, 6) is 1.13. The number of aliphatic hydroxyl groups is 1. The quantitative estimate of drug-likeness (QED) is 0.788. The van der Waals surface area contributed by atoms with Crippen LogP contribution in [0.2, 0.25) is 0 Å². The molecule has 0 bridgehead atoms. The molecule has 1 aromatic rings. The number of para-hydroxylation sites is 1. The van der Waals surface area contributed by atoms with Gasteiger partial charge < -0.3 is 9.84 Å². The van der Waals surface area contributed by atoms with E-state index in [1.54, 1.807) is 0 Å². The Morgan fingerprint density at radius 1 is 1.31 bits per heavy atom. The molecule has 2 rings (SSSR count). The van der Waals surface area contributed by atoms with Crippen LogP contribution in [-0.4, -0.2) is 17.8 Å². The third kappa shape index (κ3) is 2.07. The molecular formula is C14H20O2. The fraction of sp³-hybridized carbons (Fsp3) is 0.571. The lowest BCUT2D eigenvalue weighted by molar-refractivity contribution is 0.0261. The molecule has 2 atom stereocenters. The zero-order chi connectivity index (χ0) is 11.8. The molecule has 0 spiro atoms. The molecule has 1 aliphatic rings. The molecule has 2 heteroatoms. The van der Waals surface area contributed by atoms with Crippen LogP contribution in [0.4, 0.5) is 0 Å². The molecule has 0 radical (unpaired) electrons. The molecule has 1 aromatic carbocycles. The fourth-order valence-corrected chi connectivity index (χ4v) is 2.30. The van der Waals surface area contributed by atoms with Crippen molar-refractivity contribution in [3.8, 4) is 5.75 Å². The third-order valence-corrected chi connectivity index (χ3v) is 3.27. The predicted molar refractivity (Wildman–Crippen MR) is 64.8 cm³/mol. The maximum atomic E-state index is 10.4. The van der Waals surface area contributed by atoms with Crippen LogP contribution in [0, 0.1) is 5.41 Å². The van der Waals surface area contributed by atoms with Crippen LogP contribution in [0.25, 0.3) is 0 Å². The molecule has 1 N–H and O–H groups in total. The van der Waals surface area contributed by atoms with Gasteiger partial charge in [0.25, 0.3) is 0 Å². The smallest absolute Gasteiger partial charge is 0.122 e.